The van der Waals surface area contributed by atoms with E-state index in [1.165, 1.54) is 24.3 Å². The summed E-state index contributed by atoms with van der Waals surface area (Å²) in [5.74, 6) is -3.69. The standard InChI is InChI=1S/C14H10ClNO6S/c15-8-1-3-9(4-2-8)23(21,22)10-5-11(16-7-10)12(17)6-13(18)14(19)20/h1-7,16,18H,(H,19,20). The fourth-order valence-electron chi connectivity index (χ4n) is 1.69. The first kappa shape index (κ1) is 16.8. The predicted octanol–water partition coefficient (Wildman–Crippen LogP) is 2.21. The van der Waals surface area contributed by atoms with Gasteiger partial charge < -0.3 is 15.2 Å². The van der Waals surface area contributed by atoms with E-state index in [0.717, 1.165) is 12.3 Å². The van der Waals surface area contributed by atoms with Crippen molar-refractivity contribution in [2.75, 3.05) is 0 Å². The van der Waals surface area contributed by atoms with E-state index in [0.29, 0.717) is 11.1 Å². The summed E-state index contributed by atoms with van der Waals surface area (Å²) in [5, 5.41) is 17.9. The molecular weight excluding hydrogens is 346 g/mol. The van der Waals surface area contributed by atoms with E-state index in [2.05, 4.69) is 4.98 Å². The first-order chi connectivity index (χ1) is 10.7. The molecule has 1 aromatic carbocycles. The van der Waals surface area contributed by atoms with Crippen molar-refractivity contribution in [3.8, 4) is 0 Å². The van der Waals surface area contributed by atoms with E-state index in [4.69, 9.17) is 21.8 Å². The van der Waals surface area contributed by atoms with Crippen LogP contribution in [0.5, 0.6) is 0 Å². The van der Waals surface area contributed by atoms with Crippen molar-refractivity contribution < 1.29 is 28.2 Å². The van der Waals surface area contributed by atoms with Gasteiger partial charge in [0.1, 0.15) is 0 Å². The summed E-state index contributed by atoms with van der Waals surface area (Å²) in [6.07, 6.45) is 1.58. The van der Waals surface area contributed by atoms with Crippen LogP contribution >= 0.6 is 11.6 Å². The Kier molecular flexibility index (Phi) is 4.57. The lowest BCUT2D eigenvalue weighted by atomic mass is 10.2. The SMILES string of the molecule is O=C(O)C(O)=CC(=O)c1cc(S(=O)(=O)c2ccc(Cl)cc2)c[nH]1. The number of carboxylic acid groups (broad SMARTS) is 1. The first-order valence-electron chi connectivity index (χ1n) is 6.09. The maximum absolute atomic E-state index is 12.4. The third-order valence-electron chi connectivity index (χ3n) is 2.84. The molecule has 0 radical (unpaired) electrons. The zero-order valence-electron chi connectivity index (χ0n) is 11.4. The largest absolute Gasteiger partial charge is 0.502 e. The van der Waals surface area contributed by atoms with E-state index < -0.39 is 27.3 Å². The van der Waals surface area contributed by atoms with Gasteiger partial charge in [-0.1, -0.05) is 11.6 Å². The number of nitrogens with one attached hydrogen (secondary N) is 1. The van der Waals surface area contributed by atoms with E-state index in [9.17, 15) is 18.0 Å². The molecule has 0 unspecified atom stereocenters. The molecule has 9 heteroatoms. The highest BCUT2D eigenvalue weighted by atomic mass is 35.5. The molecule has 0 amide bonds. The highest BCUT2D eigenvalue weighted by molar-refractivity contribution is 7.91. The molecule has 0 fully saturated rings. The molecule has 3 N–H and O–H groups in total. The molecule has 0 aliphatic heterocycles. The number of H-pyrrole nitrogens is 1. The second kappa shape index (κ2) is 6.27. The molecular formula is C14H10ClNO6S. The minimum atomic E-state index is -3.85. The molecule has 0 aliphatic carbocycles. The quantitative estimate of drug-likeness (QED) is 0.429. The Labute approximate surface area is 135 Å². The Morgan fingerprint density at radius 1 is 1.09 bits per heavy atom. The van der Waals surface area contributed by atoms with Crippen LogP contribution in [-0.2, 0) is 14.6 Å². The van der Waals surface area contributed by atoms with Crippen LogP contribution in [0.25, 0.3) is 0 Å². The summed E-state index contributed by atoms with van der Waals surface area (Å²) in [6, 6.07) is 6.53. The third kappa shape index (κ3) is 3.61. The lowest BCUT2D eigenvalue weighted by molar-refractivity contribution is -0.135. The van der Waals surface area contributed by atoms with Crippen LogP contribution in [0.15, 0.2) is 58.2 Å². The Bertz CT molecular complexity index is 896. The van der Waals surface area contributed by atoms with Crippen LogP contribution in [0.1, 0.15) is 10.5 Å². The Balaban J connectivity index is 2.35. The normalized spacial score (nSPS) is 12.1. The summed E-state index contributed by atoms with van der Waals surface area (Å²) in [7, 11) is -3.85. The van der Waals surface area contributed by atoms with Gasteiger partial charge >= 0.3 is 5.97 Å². The van der Waals surface area contributed by atoms with Gasteiger partial charge in [-0.05, 0) is 30.3 Å². The number of aromatic amines is 1. The number of hydrogen-bond acceptors (Lipinski definition) is 5. The number of aromatic nitrogens is 1. The molecule has 0 atom stereocenters. The molecule has 1 aromatic heterocycles. The van der Waals surface area contributed by atoms with Crippen LogP contribution in [0.2, 0.25) is 5.02 Å². The second-order valence-corrected chi connectivity index (χ2v) is 6.79. The molecule has 0 bridgehead atoms. The Morgan fingerprint density at radius 3 is 2.26 bits per heavy atom. The van der Waals surface area contributed by atoms with Gasteiger partial charge in [-0.3, -0.25) is 4.79 Å². The lowest BCUT2D eigenvalue weighted by Gasteiger charge is -2.01. The van der Waals surface area contributed by atoms with Crippen LogP contribution in [-0.4, -0.2) is 35.4 Å². The van der Waals surface area contributed by atoms with Gasteiger partial charge in [-0.25, -0.2) is 13.2 Å². The number of rotatable bonds is 5. The summed E-state index contributed by atoms with van der Waals surface area (Å²) in [5.41, 5.74) is -0.176. The monoisotopic (exact) mass is 355 g/mol. The van der Waals surface area contributed by atoms with Crippen LogP contribution in [0.3, 0.4) is 0 Å². The average molecular weight is 356 g/mol. The Morgan fingerprint density at radius 2 is 1.70 bits per heavy atom. The number of hydrogen-bond donors (Lipinski definition) is 3. The van der Waals surface area contributed by atoms with Gasteiger partial charge in [0.15, 0.2) is 0 Å². The van der Waals surface area contributed by atoms with Gasteiger partial charge in [0.05, 0.1) is 15.5 Å². The topological polar surface area (TPSA) is 125 Å². The molecule has 0 spiro atoms. The summed E-state index contributed by atoms with van der Waals surface area (Å²) < 4.78 is 24.8. The van der Waals surface area contributed by atoms with E-state index in [1.54, 1.807) is 0 Å². The number of aliphatic hydroxyl groups is 1. The highest BCUT2D eigenvalue weighted by Crippen LogP contribution is 2.23. The number of carbonyl (C=O) groups excluding carboxylic acids is 1. The van der Waals surface area contributed by atoms with Crippen LogP contribution in [0, 0.1) is 0 Å². The first-order valence-corrected chi connectivity index (χ1v) is 7.95. The number of allylic oxidation sites excluding steroid dienone is 1. The minimum Gasteiger partial charge on any atom is -0.502 e. The fourth-order valence-corrected chi connectivity index (χ4v) is 3.06. The number of ketones is 1. The van der Waals surface area contributed by atoms with Gasteiger partial charge in [0, 0.05) is 17.3 Å². The summed E-state index contributed by atoms with van der Waals surface area (Å²) >= 11 is 5.70. The molecule has 120 valence electrons. The van der Waals surface area contributed by atoms with Gasteiger partial charge in [0.2, 0.25) is 21.4 Å². The van der Waals surface area contributed by atoms with Crippen molar-refractivity contribution in [1.29, 1.82) is 0 Å². The smallest absolute Gasteiger partial charge is 0.371 e. The third-order valence-corrected chi connectivity index (χ3v) is 4.84. The summed E-state index contributed by atoms with van der Waals surface area (Å²) in [4.78, 5) is 24.4. The molecule has 2 aromatic rings. The number of aliphatic carboxylic acids is 1. The lowest BCUT2D eigenvalue weighted by Crippen LogP contribution is -2.04. The van der Waals surface area contributed by atoms with Crippen molar-refractivity contribution in [3.63, 3.8) is 0 Å². The molecule has 23 heavy (non-hydrogen) atoms. The number of sulfone groups is 1. The van der Waals surface area contributed by atoms with Gasteiger partial charge in [0.25, 0.3) is 0 Å². The zero-order valence-corrected chi connectivity index (χ0v) is 12.9. The van der Waals surface area contributed by atoms with Crippen LogP contribution < -0.4 is 0 Å². The van der Waals surface area contributed by atoms with Crippen LogP contribution in [0.4, 0.5) is 0 Å². The van der Waals surface area contributed by atoms with Crippen molar-refractivity contribution in [1.82, 2.24) is 4.98 Å². The van der Waals surface area contributed by atoms with Crippen molar-refractivity contribution in [2.24, 2.45) is 0 Å². The number of carboxylic acids is 1. The average Bonchev–Trinajstić information content (AvgIpc) is 2.98. The van der Waals surface area contributed by atoms with Crippen molar-refractivity contribution in [2.45, 2.75) is 9.79 Å². The van der Waals surface area contributed by atoms with E-state index >= 15 is 0 Å². The number of halogens is 1. The second-order valence-electron chi connectivity index (χ2n) is 4.41. The zero-order chi connectivity index (χ0) is 17.2. The molecule has 2 rings (SSSR count). The highest BCUT2D eigenvalue weighted by Gasteiger charge is 2.21. The van der Waals surface area contributed by atoms with Gasteiger partial charge in [-0.15, -0.1) is 0 Å². The van der Waals surface area contributed by atoms with E-state index in [1.807, 2.05) is 0 Å². The van der Waals surface area contributed by atoms with Gasteiger partial charge in [-0.2, -0.15) is 0 Å². The van der Waals surface area contributed by atoms with E-state index in [-0.39, 0.29) is 15.5 Å². The molecule has 0 saturated carbocycles. The Hall–Kier alpha value is -2.58. The number of benzene rings is 1. The fraction of sp³-hybridized carbons (Fsp3) is 0. The molecule has 0 aliphatic rings. The number of carbonyl (C=O) groups is 2. The maximum atomic E-state index is 12.4. The summed E-state index contributed by atoms with van der Waals surface area (Å²) in [6.45, 7) is 0. The van der Waals surface area contributed by atoms with Crippen molar-refractivity contribution in [3.05, 3.63) is 59.1 Å². The predicted molar refractivity (Wildman–Crippen MR) is 80.4 cm³/mol. The molecule has 1 heterocycles. The molecule has 7 nitrogen and oxygen atoms in total. The minimum absolute atomic E-state index is 0.0103. The van der Waals surface area contributed by atoms with Crippen molar-refractivity contribution >= 4 is 33.2 Å². The molecule has 0 saturated heterocycles. The maximum Gasteiger partial charge on any atom is 0.371 e. The number of aliphatic hydroxyl groups excluding tert-OH is 1.